The lowest BCUT2D eigenvalue weighted by atomic mass is 9.88. The van der Waals surface area contributed by atoms with Crippen LogP contribution in [0, 0.1) is 5.92 Å². The topological polar surface area (TPSA) is 75.6 Å². The highest BCUT2D eigenvalue weighted by molar-refractivity contribution is 5.88. The maximum Gasteiger partial charge on any atom is 0.329 e. The first-order chi connectivity index (χ1) is 9.14. The van der Waals surface area contributed by atoms with Crippen molar-refractivity contribution in [3.63, 3.8) is 0 Å². The molecule has 108 valence electrons. The quantitative estimate of drug-likeness (QED) is 0.765. The van der Waals surface area contributed by atoms with Crippen molar-refractivity contribution < 1.29 is 19.4 Å². The number of ether oxygens (including phenoxy) is 1. The fourth-order valence-corrected chi connectivity index (χ4v) is 3.02. The number of amides is 1. The van der Waals surface area contributed by atoms with Crippen LogP contribution in [0.4, 0.5) is 0 Å². The van der Waals surface area contributed by atoms with Crippen LogP contribution in [0.1, 0.15) is 51.4 Å². The van der Waals surface area contributed by atoms with Gasteiger partial charge in [0.25, 0.3) is 0 Å². The van der Waals surface area contributed by atoms with Crippen molar-refractivity contribution in [1.82, 2.24) is 5.32 Å². The molecule has 0 aromatic heterocycles. The Morgan fingerprint density at radius 2 is 1.63 bits per heavy atom. The molecule has 2 aliphatic rings. The molecule has 1 aliphatic heterocycles. The van der Waals surface area contributed by atoms with Gasteiger partial charge in [-0.05, 0) is 25.7 Å². The third kappa shape index (κ3) is 3.47. The minimum atomic E-state index is -1.04. The summed E-state index contributed by atoms with van der Waals surface area (Å²) in [5.41, 5.74) is -1.04. The lowest BCUT2D eigenvalue weighted by Gasteiger charge is -2.32. The molecule has 1 saturated carbocycles. The van der Waals surface area contributed by atoms with Crippen LogP contribution >= 0.6 is 0 Å². The SMILES string of the molecule is O=C(NC1(C(=O)O)CCCCCC1)C1CCOCC1. The Hall–Kier alpha value is -1.10. The summed E-state index contributed by atoms with van der Waals surface area (Å²) in [6, 6.07) is 0. The van der Waals surface area contributed by atoms with Gasteiger partial charge < -0.3 is 15.2 Å². The van der Waals surface area contributed by atoms with Crippen molar-refractivity contribution in [2.45, 2.75) is 56.9 Å². The van der Waals surface area contributed by atoms with Gasteiger partial charge in [0.2, 0.25) is 5.91 Å². The van der Waals surface area contributed by atoms with Gasteiger partial charge in [-0.2, -0.15) is 0 Å². The van der Waals surface area contributed by atoms with E-state index in [0.29, 0.717) is 38.9 Å². The van der Waals surface area contributed by atoms with Gasteiger partial charge in [0.1, 0.15) is 5.54 Å². The molecule has 5 heteroatoms. The Morgan fingerprint density at radius 3 is 2.16 bits per heavy atom. The average molecular weight is 269 g/mol. The summed E-state index contributed by atoms with van der Waals surface area (Å²) in [5.74, 6) is -1.07. The van der Waals surface area contributed by atoms with Crippen LogP contribution in [0.2, 0.25) is 0 Å². The second kappa shape index (κ2) is 6.37. The minimum Gasteiger partial charge on any atom is -0.480 e. The predicted octanol–water partition coefficient (Wildman–Crippen LogP) is 1.71. The van der Waals surface area contributed by atoms with E-state index in [1.165, 1.54) is 0 Å². The number of carbonyl (C=O) groups excluding carboxylic acids is 1. The van der Waals surface area contributed by atoms with E-state index < -0.39 is 11.5 Å². The molecule has 19 heavy (non-hydrogen) atoms. The minimum absolute atomic E-state index is 0.0896. The highest BCUT2D eigenvalue weighted by Gasteiger charge is 2.41. The fourth-order valence-electron chi connectivity index (χ4n) is 3.02. The molecule has 5 nitrogen and oxygen atoms in total. The van der Waals surface area contributed by atoms with Crippen LogP contribution in [0.5, 0.6) is 0 Å². The number of rotatable bonds is 3. The molecule has 0 aromatic rings. The molecule has 1 heterocycles. The van der Waals surface area contributed by atoms with E-state index in [9.17, 15) is 14.7 Å². The second-order valence-electron chi connectivity index (χ2n) is 5.68. The van der Waals surface area contributed by atoms with Crippen LogP contribution in [0.3, 0.4) is 0 Å². The van der Waals surface area contributed by atoms with Crippen LogP contribution in [-0.4, -0.2) is 35.7 Å². The Bertz CT molecular complexity index is 328. The van der Waals surface area contributed by atoms with E-state index in [-0.39, 0.29) is 11.8 Å². The first kappa shape index (κ1) is 14.3. The largest absolute Gasteiger partial charge is 0.480 e. The molecule has 2 N–H and O–H groups in total. The number of hydrogen-bond donors (Lipinski definition) is 2. The van der Waals surface area contributed by atoms with E-state index in [2.05, 4.69) is 5.32 Å². The Balaban J connectivity index is 2.02. The van der Waals surface area contributed by atoms with Gasteiger partial charge >= 0.3 is 5.97 Å². The third-order valence-electron chi connectivity index (χ3n) is 4.32. The molecule has 1 amide bonds. The molecule has 2 rings (SSSR count). The molecule has 0 unspecified atom stereocenters. The van der Waals surface area contributed by atoms with Crippen molar-refractivity contribution in [1.29, 1.82) is 0 Å². The fraction of sp³-hybridized carbons (Fsp3) is 0.857. The summed E-state index contributed by atoms with van der Waals surface area (Å²) in [6.45, 7) is 1.19. The van der Waals surface area contributed by atoms with Gasteiger partial charge in [0.05, 0.1) is 0 Å². The van der Waals surface area contributed by atoms with Crippen LogP contribution < -0.4 is 5.32 Å². The third-order valence-corrected chi connectivity index (χ3v) is 4.32. The molecule has 0 radical (unpaired) electrons. The van der Waals surface area contributed by atoms with Crippen molar-refractivity contribution in [3.8, 4) is 0 Å². The zero-order valence-corrected chi connectivity index (χ0v) is 11.3. The number of nitrogens with one attached hydrogen (secondary N) is 1. The molecule has 0 atom stereocenters. The van der Waals surface area contributed by atoms with Crippen molar-refractivity contribution >= 4 is 11.9 Å². The van der Waals surface area contributed by atoms with Gasteiger partial charge in [-0.3, -0.25) is 4.79 Å². The van der Waals surface area contributed by atoms with E-state index in [1.807, 2.05) is 0 Å². The molecule has 0 aromatic carbocycles. The summed E-state index contributed by atoms with van der Waals surface area (Å²) < 4.78 is 5.24. The lowest BCUT2D eigenvalue weighted by molar-refractivity contribution is -0.149. The smallest absolute Gasteiger partial charge is 0.329 e. The molecule has 0 spiro atoms. The monoisotopic (exact) mass is 269 g/mol. The summed E-state index contributed by atoms with van der Waals surface area (Å²) >= 11 is 0. The van der Waals surface area contributed by atoms with E-state index in [1.54, 1.807) is 0 Å². The number of aliphatic carboxylic acids is 1. The summed E-state index contributed by atoms with van der Waals surface area (Å²) in [4.78, 5) is 23.9. The van der Waals surface area contributed by atoms with Gasteiger partial charge in [-0.1, -0.05) is 25.7 Å². The average Bonchev–Trinajstić information content (AvgIpc) is 2.66. The molecule has 1 saturated heterocycles. The van der Waals surface area contributed by atoms with Crippen LogP contribution in [0.25, 0.3) is 0 Å². The number of hydrogen-bond acceptors (Lipinski definition) is 3. The van der Waals surface area contributed by atoms with E-state index in [0.717, 1.165) is 25.7 Å². The van der Waals surface area contributed by atoms with Gasteiger partial charge in [0.15, 0.2) is 0 Å². The molecule has 0 bridgehead atoms. The predicted molar refractivity (Wildman–Crippen MR) is 69.8 cm³/mol. The molecular weight excluding hydrogens is 246 g/mol. The summed E-state index contributed by atoms with van der Waals surface area (Å²) in [6.07, 6.45) is 6.36. The van der Waals surface area contributed by atoms with Gasteiger partial charge in [0, 0.05) is 19.1 Å². The van der Waals surface area contributed by atoms with E-state index >= 15 is 0 Å². The Morgan fingerprint density at radius 1 is 1.05 bits per heavy atom. The molecular formula is C14H23NO4. The van der Waals surface area contributed by atoms with Crippen molar-refractivity contribution in [2.24, 2.45) is 5.92 Å². The first-order valence-corrected chi connectivity index (χ1v) is 7.27. The number of carboxylic acid groups (broad SMARTS) is 1. The van der Waals surface area contributed by atoms with Crippen molar-refractivity contribution in [2.75, 3.05) is 13.2 Å². The number of carbonyl (C=O) groups is 2. The van der Waals surface area contributed by atoms with Crippen molar-refractivity contribution in [3.05, 3.63) is 0 Å². The Labute approximate surface area is 113 Å². The lowest BCUT2D eigenvalue weighted by Crippen LogP contribution is -2.56. The zero-order chi connectivity index (χ0) is 13.7. The summed E-state index contributed by atoms with van der Waals surface area (Å²) in [5, 5.41) is 12.4. The molecule has 1 aliphatic carbocycles. The van der Waals surface area contributed by atoms with E-state index in [4.69, 9.17) is 4.74 Å². The van der Waals surface area contributed by atoms with Crippen LogP contribution in [-0.2, 0) is 14.3 Å². The van der Waals surface area contributed by atoms with Gasteiger partial charge in [-0.25, -0.2) is 4.79 Å². The standard InChI is InChI=1S/C14H23NO4/c16-12(11-5-9-19-10-6-11)15-14(13(17)18)7-3-1-2-4-8-14/h11H,1-10H2,(H,15,16)(H,17,18). The highest BCUT2D eigenvalue weighted by atomic mass is 16.5. The maximum atomic E-state index is 12.3. The Kier molecular flexibility index (Phi) is 4.80. The second-order valence-corrected chi connectivity index (χ2v) is 5.68. The maximum absolute atomic E-state index is 12.3. The van der Waals surface area contributed by atoms with Crippen LogP contribution in [0.15, 0.2) is 0 Å². The normalized spacial score (nSPS) is 24.4. The first-order valence-electron chi connectivity index (χ1n) is 7.27. The number of carboxylic acids is 1. The molecule has 2 fully saturated rings. The van der Waals surface area contributed by atoms with Gasteiger partial charge in [-0.15, -0.1) is 0 Å². The highest BCUT2D eigenvalue weighted by Crippen LogP contribution is 2.28. The summed E-state index contributed by atoms with van der Waals surface area (Å²) in [7, 11) is 0. The zero-order valence-electron chi connectivity index (χ0n) is 11.3.